The number of carbonyl (C=O) groups excluding carboxylic acids is 1. The Morgan fingerprint density at radius 1 is 1.31 bits per heavy atom. The molecule has 1 aromatic carbocycles. The fraction of sp³-hybridized carbons (Fsp3) is 0.250. The molecule has 0 radical (unpaired) electrons. The lowest BCUT2D eigenvalue weighted by atomic mass is 10.1. The van der Waals surface area contributed by atoms with E-state index in [1.165, 1.54) is 0 Å². The van der Waals surface area contributed by atoms with Crippen molar-refractivity contribution in [1.29, 1.82) is 0 Å². The SMILES string of the molecule is Cc1ccc(N2CCC=C(OO)C2=O)cc1. The minimum Gasteiger partial charge on any atom is -0.335 e. The topological polar surface area (TPSA) is 49.8 Å². The minimum absolute atomic E-state index is 0.00757. The fourth-order valence-electron chi connectivity index (χ4n) is 1.69. The molecule has 0 atom stereocenters. The third-order valence-electron chi connectivity index (χ3n) is 2.58. The fourth-order valence-corrected chi connectivity index (χ4v) is 1.69. The molecule has 0 unspecified atom stereocenters. The van der Waals surface area contributed by atoms with Gasteiger partial charge in [0.1, 0.15) is 0 Å². The van der Waals surface area contributed by atoms with Gasteiger partial charge in [-0.2, -0.15) is 0 Å². The third kappa shape index (κ3) is 1.92. The summed E-state index contributed by atoms with van der Waals surface area (Å²) in [5, 5.41) is 8.55. The van der Waals surface area contributed by atoms with Gasteiger partial charge in [0.2, 0.25) is 5.76 Å². The van der Waals surface area contributed by atoms with Crippen molar-refractivity contribution in [2.45, 2.75) is 13.3 Å². The van der Waals surface area contributed by atoms with E-state index < -0.39 is 0 Å². The summed E-state index contributed by atoms with van der Waals surface area (Å²) >= 11 is 0. The van der Waals surface area contributed by atoms with E-state index in [0.717, 1.165) is 11.3 Å². The second kappa shape index (κ2) is 4.37. The summed E-state index contributed by atoms with van der Waals surface area (Å²) in [6, 6.07) is 7.65. The molecule has 2 rings (SSSR count). The second-order valence-electron chi connectivity index (χ2n) is 3.74. The van der Waals surface area contributed by atoms with Crippen LogP contribution in [0.5, 0.6) is 0 Å². The summed E-state index contributed by atoms with van der Waals surface area (Å²) in [6.45, 7) is 2.60. The van der Waals surface area contributed by atoms with E-state index in [9.17, 15) is 4.79 Å². The molecule has 0 saturated carbocycles. The van der Waals surface area contributed by atoms with E-state index in [2.05, 4.69) is 4.89 Å². The standard InChI is InChI=1S/C12H13NO3/c1-9-4-6-10(7-5-9)13-8-2-3-11(16-15)12(13)14/h3-7,15H,2,8H2,1H3. The van der Waals surface area contributed by atoms with Crippen LogP contribution in [0.1, 0.15) is 12.0 Å². The van der Waals surface area contributed by atoms with Gasteiger partial charge in [-0.1, -0.05) is 17.7 Å². The lowest BCUT2D eigenvalue weighted by Gasteiger charge is -2.25. The van der Waals surface area contributed by atoms with Gasteiger partial charge in [0, 0.05) is 12.2 Å². The summed E-state index contributed by atoms with van der Waals surface area (Å²) < 4.78 is 0. The first-order chi connectivity index (χ1) is 7.72. The van der Waals surface area contributed by atoms with Crippen molar-refractivity contribution >= 4 is 11.6 Å². The van der Waals surface area contributed by atoms with Crippen molar-refractivity contribution in [3.8, 4) is 0 Å². The molecule has 1 heterocycles. The van der Waals surface area contributed by atoms with Gasteiger partial charge in [0.05, 0.1) is 0 Å². The Balaban J connectivity index is 2.26. The summed E-state index contributed by atoms with van der Waals surface area (Å²) in [5.41, 5.74) is 1.96. The third-order valence-corrected chi connectivity index (χ3v) is 2.58. The van der Waals surface area contributed by atoms with Crippen LogP contribution in [0.15, 0.2) is 36.1 Å². The smallest absolute Gasteiger partial charge is 0.297 e. The number of rotatable bonds is 2. The Kier molecular flexibility index (Phi) is 2.92. The Bertz CT molecular complexity index is 422. The molecule has 0 spiro atoms. The Labute approximate surface area is 93.7 Å². The first kappa shape index (κ1) is 10.7. The van der Waals surface area contributed by atoms with Gasteiger partial charge in [0.25, 0.3) is 5.91 Å². The van der Waals surface area contributed by atoms with E-state index in [1.807, 2.05) is 31.2 Å². The average Bonchev–Trinajstić information content (AvgIpc) is 2.31. The molecular weight excluding hydrogens is 206 g/mol. The van der Waals surface area contributed by atoms with Crippen LogP contribution in [0.4, 0.5) is 5.69 Å². The first-order valence-electron chi connectivity index (χ1n) is 5.12. The summed E-state index contributed by atoms with van der Waals surface area (Å²) in [6.07, 6.45) is 2.27. The number of hydrogen-bond donors (Lipinski definition) is 1. The number of nitrogens with zero attached hydrogens (tertiary/aromatic N) is 1. The zero-order valence-electron chi connectivity index (χ0n) is 9.01. The van der Waals surface area contributed by atoms with Gasteiger partial charge in [-0.15, -0.1) is 0 Å². The van der Waals surface area contributed by atoms with Crippen LogP contribution < -0.4 is 4.90 Å². The molecule has 4 nitrogen and oxygen atoms in total. The van der Waals surface area contributed by atoms with Crippen molar-refractivity contribution in [2.75, 3.05) is 11.4 Å². The maximum Gasteiger partial charge on any atom is 0.297 e. The number of carbonyl (C=O) groups is 1. The molecule has 1 aliphatic heterocycles. The van der Waals surface area contributed by atoms with Crippen LogP contribution in [0, 0.1) is 6.92 Å². The molecule has 0 fully saturated rings. The number of hydrogen-bond acceptors (Lipinski definition) is 3. The molecule has 1 amide bonds. The van der Waals surface area contributed by atoms with Crippen LogP contribution in [0.25, 0.3) is 0 Å². The zero-order chi connectivity index (χ0) is 11.5. The molecule has 84 valence electrons. The molecule has 1 aromatic rings. The maximum absolute atomic E-state index is 11.8. The average molecular weight is 219 g/mol. The van der Waals surface area contributed by atoms with Crippen molar-refractivity contribution in [3.05, 3.63) is 41.7 Å². The highest BCUT2D eigenvalue weighted by Crippen LogP contribution is 2.21. The molecular formula is C12H13NO3. The van der Waals surface area contributed by atoms with E-state index in [1.54, 1.807) is 11.0 Å². The van der Waals surface area contributed by atoms with E-state index in [4.69, 9.17) is 5.26 Å². The monoisotopic (exact) mass is 219 g/mol. The Morgan fingerprint density at radius 2 is 2.00 bits per heavy atom. The molecule has 0 saturated heterocycles. The van der Waals surface area contributed by atoms with Crippen molar-refractivity contribution < 1.29 is 14.9 Å². The van der Waals surface area contributed by atoms with Gasteiger partial charge in [-0.05, 0) is 31.6 Å². The normalized spacial score (nSPS) is 16.0. The van der Waals surface area contributed by atoms with Crippen LogP contribution in [-0.4, -0.2) is 17.7 Å². The van der Waals surface area contributed by atoms with Crippen molar-refractivity contribution in [3.63, 3.8) is 0 Å². The molecule has 1 aliphatic rings. The van der Waals surface area contributed by atoms with Gasteiger partial charge in [0.15, 0.2) is 0 Å². The highest BCUT2D eigenvalue weighted by atomic mass is 17.1. The van der Waals surface area contributed by atoms with E-state index in [-0.39, 0.29) is 11.7 Å². The lowest BCUT2D eigenvalue weighted by molar-refractivity contribution is -0.205. The van der Waals surface area contributed by atoms with Crippen LogP contribution in [0.2, 0.25) is 0 Å². The zero-order valence-corrected chi connectivity index (χ0v) is 9.01. The summed E-state index contributed by atoms with van der Waals surface area (Å²) in [4.78, 5) is 17.5. The Hall–Kier alpha value is -1.81. The van der Waals surface area contributed by atoms with Crippen molar-refractivity contribution in [1.82, 2.24) is 0 Å². The highest BCUT2D eigenvalue weighted by Gasteiger charge is 2.24. The Morgan fingerprint density at radius 3 is 2.62 bits per heavy atom. The number of aryl methyl sites for hydroxylation is 1. The van der Waals surface area contributed by atoms with Gasteiger partial charge < -0.3 is 9.79 Å². The largest absolute Gasteiger partial charge is 0.335 e. The first-order valence-corrected chi connectivity index (χ1v) is 5.12. The van der Waals surface area contributed by atoms with Gasteiger partial charge in [-0.25, -0.2) is 5.26 Å². The molecule has 16 heavy (non-hydrogen) atoms. The molecule has 0 aliphatic carbocycles. The quantitative estimate of drug-likeness (QED) is 0.612. The molecule has 4 heteroatoms. The molecule has 1 N–H and O–H groups in total. The van der Waals surface area contributed by atoms with E-state index in [0.29, 0.717) is 13.0 Å². The van der Waals surface area contributed by atoms with Crippen LogP contribution >= 0.6 is 0 Å². The molecule has 0 bridgehead atoms. The van der Waals surface area contributed by atoms with Crippen LogP contribution in [0.3, 0.4) is 0 Å². The molecule has 0 aromatic heterocycles. The number of anilines is 1. The summed E-state index contributed by atoms with van der Waals surface area (Å²) in [7, 11) is 0. The number of benzene rings is 1. The minimum atomic E-state index is -0.308. The van der Waals surface area contributed by atoms with Crippen LogP contribution in [-0.2, 0) is 9.68 Å². The predicted molar refractivity (Wildman–Crippen MR) is 59.9 cm³/mol. The van der Waals surface area contributed by atoms with Gasteiger partial charge in [-0.3, -0.25) is 4.79 Å². The van der Waals surface area contributed by atoms with Crippen molar-refractivity contribution in [2.24, 2.45) is 0 Å². The lowest BCUT2D eigenvalue weighted by Crippen LogP contribution is -2.36. The van der Waals surface area contributed by atoms with Gasteiger partial charge >= 0.3 is 0 Å². The van der Waals surface area contributed by atoms with E-state index >= 15 is 0 Å². The predicted octanol–water partition coefficient (Wildman–Crippen LogP) is 2.11. The number of amides is 1. The highest BCUT2D eigenvalue weighted by molar-refractivity contribution is 6.04. The summed E-state index contributed by atoms with van der Waals surface area (Å²) in [5.74, 6) is -0.315. The second-order valence-corrected chi connectivity index (χ2v) is 3.74. The maximum atomic E-state index is 11.8.